The summed E-state index contributed by atoms with van der Waals surface area (Å²) in [5.41, 5.74) is 1.29. The van der Waals surface area contributed by atoms with E-state index in [0.717, 1.165) is 16.8 Å². The van der Waals surface area contributed by atoms with Crippen molar-refractivity contribution < 1.29 is 14.4 Å². The molecular formula is C31H26Cl2N2O3. The van der Waals surface area contributed by atoms with E-state index in [9.17, 15) is 14.4 Å². The van der Waals surface area contributed by atoms with E-state index in [1.54, 1.807) is 30.3 Å². The highest BCUT2D eigenvalue weighted by Crippen LogP contribution is 2.58. The van der Waals surface area contributed by atoms with E-state index in [2.05, 4.69) is 5.32 Å². The van der Waals surface area contributed by atoms with Crippen LogP contribution in [0.1, 0.15) is 42.3 Å². The molecule has 0 bridgehead atoms. The predicted octanol–water partition coefficient (Wildman–Crippen LogP) is 6.58. The summed E-state index contributed by atoms with van der Waals surface area (Å²) in [6, 6.07) is 18.1. The second-order valence-electron chi connectivity index (χ2n) is 11.2. The van der Waals surface area contributed by atoms with E-state index >= 15 is 0 Å². The summed E-state index contributed by atoms with van der Waals surface area (Å²) < 4.78 is 0. The highest BCUT2D eigenvalue weighted by Gasteiger charge is 2.70. The molecule has 1 saturated heterocycles. The minimum absolute atomic E-state index is 0.111. The number of Topliss-reactive ketones (excluding diaryl/α,β-unsaturated/α-hetero) is 2. The summed E-state index contributed by atoms with van der Waals surface area (Å²) >= 11 is 12.5. The summed E-state index contributed by atoms with van der Waals surface area (Å²) in [5.74, 6) is -1.66. The number of amides is 1. The van der Waals surface area contributed by atoms with Gasteiger partial charge >= 0.3 is 0 Å². The van der Waals surface area contributed by atoms with Crippen LogP contribution < -0.4 is 10.2 Å². The van der Waals surface area contributed by atoms with Gasteiger partial charge in [-0.3, -0.25) is 14.4 Å². The number of anilines is 2. The van der Waals surface area contributed by atoms with Crippen LogP contribution in [0.2, 0.25) is 10.0 Å². The van der Waals surface area contributed by atoms with Crippen molar-refractivity contribution in [3.05, 3.63) is 99.5 Å². The highest BCUT2D eigenvalue weighted by atomic mass is 35.5. The first-order chi connectivity index (χ1) is 18.0. The molecule has 3 aliphatic rings. The van der Waals surface area contributed by atoms with Gasteiger partial charge in [0, 0.05) is 32.4 Å². The zero-order valence-corrected chi connectivity index (χ0v) is 22.7. The fourth-order valence-corrected chi connectivity index (χ4v) is 6.69. The lowest BCUT2D eigenvalue weighted by Crippen LogP contribution is -2.51. The Morgan fingerprint density at radius 1 is 0.947 bits per heavy atom. The normalized spacial score (nSPS) is 25.1. The third kappa shape index (κ3) is 3.41. The van der Waals surface area contributed by atoms with Crippen LogP contribution in [0, 0.1) is 11.3 Å². The molecule has 6 rings (SSSR count). The van der Waals surface area contributed by atoms with Gasteiger partial charge in [0.2, 0.25) is 5.91 Å². The number of nitrogens with zero attached hydrogens (tertiary/aromatic N) is 1. The average molecular weight is 545 g/mol. The van der Waals surface area contributed by atoms with Crippen molar-refractivity contribution in [2.45, 2.75) is 38.3 Å². The van der Waals surface area contributed by atoms with Crippen molar-refractivity contribution >= 4 is 58.1 Å². The third-order valence-corrected chi connectivity index (χ3v) is 8.50. The number of carbonyl (C=O) groups excluding carboxylic acids is 3. The van der Waals surface area contributed by atoms with E-state index in [0.29, 0.717) is 21.3 Å². The minimum Gasteiger partial charge on any atom is -0.352 e. The molecule has 0 radical (unpaired) electrons. The standard InChI is InChI=1S/C31H26Cl2N2O3/c1-30(2,3)28(37)26-25(27(36)17-8-11-19(32)12-9-17)31(21-6-4-5-7-22(21)34-29(31)38)24-15-10-18-16-20(33)13-14-23(18)35(24)26/h4-16,24-26H,1-3H3,(H,34,38)/t24-,25+,26+,31-/m1/s1. The number of rotatable bonds is 3. The second kappa shape index (κ2) is 8.55. The quantitative estimate of drug-likeness (QED) is 0.378. The first-order valence-corrected chi connectivity index (χ1v) is 13.3. The molecule has 1 spiro atoms. The van der Waals surface area contributed by atoms with E-state index in [1.807, 2.05) is 74.2 Å². The lowest BCUT2D eigenvalue weighted by molar-refractivity contribution is -0.128. The highest BCUT2D eigenvalue weighted by molar-refractivity contribution is 6.31. The summed E-state index contributed by atoms with van der Waals surface area (Å²) in [5, 5.41) is 4.10. The smallest absolute Gasteiger partial charge is 0.238 e. The maximum absolute atomic E-state index is 14.6. The molecule has 3 aliphatic heterocycles. The van der Waals surface area contributed by atoms with Gasteiger partial charge in [-0.15, -0.1) is 0 Å². The molecule has 3 heterocycles. The number of benzene rings is 3. The lowest BCUT2D eigenvalue weighted by Gasteiger charge is -2.38. The van der Waals surface area contributed by atoms with E-state index in [-0.39, 0.29) is 17.5 Å². The maximum atomic E-state index is 14.6. The number of fused-ring (bicyclic) bond motifs is 6. The molecule has 0 unspecified atom stereocenters. The Balaban J connectivity index is 1.68. The average Bonchev–Trinajstić information content (AvgIpc) is 3.35. The van der Waals surface area contributed by atoms with Crippen LogP contribution in [0.3, 0.4) is 0 Å². The Morgan fingerprint density at radius 2 is 1.63 bits per heavy atom. The van der Waals surface area contributed by atoms with Gasteiger partial charge in [-0.05, 0) is 59.7 Å². The fraction of sp³-hybridized carbons (Fsp3) is 0.258. The molecule has 4 atom stereocenters. The first kappa shape index (κ1) is 24.9. The van der Waals surface area contributed by atoms with E-state index in [1.165, 1.54) is 0 Å². The molecular weight excluding hydrogens is 519 g/mol. The van der Waals surface area contributed by atoms with Crippen LogP contribution in [-0.2, 0) is 15.0 Å². The Morgan fingerprint density at radius 3 is 2.34 bits per heavy atom. The van der Waals surface area contributed by atoms with Crippen LogP contribution >= 0.6 is 23.2 Å². The molecule has 0 saturated carbocycles. The third-order valence-electron chi connectivity index (χ3n) is 8.01. The topological polar surface area (TPSA) is 66.5 Å². The maximum Gasteiger partial charge on any atom is 0.238 e. The number of ketones is 2. The van der Waals surface area contributed by atoms with Crippen molar-refractivity contribution in [2.24, 2.45) is 11.3 Å². The van der Waals surface area contributed by atoms with Crippen molar-refractivity contribution in [3.8, 4) is 0 Å². The van der Waals surface area contributed by atoms with Gasteiger partial charge in [0.25, 0.3) is 0 Å². The van der Waals surface area contributed by atoms with Crippen LogP contribution in [0.15, 0.2) is 72.8 Å². The predicted molar refractivity (Wildman–Crippen MR) is 151 cm³/mol. The van der Waals surface area contributed by atoms with Gasteiger partial charge in [0.15, 0.2) is 11.6 Å². The first-order valence-electron chi connectivity index (χ1n) is 12.6. The molecule has 1 fully saturated rings. The molecule has 7 heteroatoms. The van der Waals surface area contributed by atoms with Crippen LogP contribution in [0.25, 0.3) is 6.08 Å². The summed E-state index contributed by atoms with van der Waals surface area (Å²) in [4.78, 5) is 45.1. The Labute approximate surface area is 231 Å². The van der Waals surface area contributed by atoms with Gasteiger partial charge < -0.3 is 10.2 Å². The molecule has 3 aromatic rings. The van der Waals surface area contributed by atoms with Crippen molar-refractivity contribution in [1.82, 2.24) is 0 Å². The summed E-state index contributed by atoms with van der Waals surface area (Å²) in [7, 11) is 0. The SMILES string of the molecule is CC(C)(C)C(=O)[C@@H]1[C@@H](C(=O)c2ccc(Cl)cc2)[C@]2(C(=O)Nc3ccccc32)[C@H]2C=Cc3cc(Cl)ccc3N12. The van der Waals surface area contributed by atoms with E-state index in [4.69, 9.17) is 23.2 Å². The number of hydrogen-bond acceptors (Lipinski definition) is 4. The van der Waals surface area contributed by atoms with Crippen LogP contribution in [0.5, 0.6) is 0 Å². The molecule has 38 heavy (non-hydrogen) atoms. The van der Waals surface area contributed by atoms with E-state index < -0.39 is 28.8 Å². The van der Waals surface area contributed by atoms with Crippen molar-refractivity contribution in [1.29, 1.82) is 0 Å². The Hall–Kier alpha value is -3.41. The summed E-state index contributed by atoms with van der Waals surface area (Å²) in [6.45, 7) is 5.55. The largest absolute Gasteiger partial charge is 0.352 e. The number of nitrogens with one attached hydrogen (secondary N) is 1. The summed E-state index contributed by atoms with van der Waals surface area (Å²) in [6.07, 6.45) is 3.88. The molecule has 5 nitrogen and oxygen atoms in total. The zero-order chi connectivity index (χ0) is 27.0. The van der Waals surface area contributed by atoms with Gasteiger partial charge in [0.05, 0.1) is 12.0 Å². The number of para-hydroxylation sites is 1. The second-order valence-corrected chi connectivity index (χ2v) is 12.1. The van der Waals surface area contributed by atoms with Crippen molar-refractivity contribution in [2.75, 3.05) is 10.2 Å². The van der Waals surface area contributed by atoms with Crippen molar-refractivity contribution in [3.63, 3.8) is 0 Å². The number of hydrogen-bond donors (Lipinski definition) is 1. The molecule has 1 N–H and O–H groups in total. The molecule has 3 aromatic carbocycles. The van der Waals surface area contributed by atoms with Gasteiger partial charge in [-0.2, -0.15) is 0 Å². The molecule has 0 aromatic heterocycles. The molecule has 0 aliphatic carbocycles. The van der Waals surface area contributed by atoms with Crippen LogP contribution in [0.4, 0.5) is 11.4 Å². The monoisotopic (exact) mass is 544 g/mol. The Kier molecular flexibility index (Phi) is 5.60. The van der Waals surface area contributed by atoms with Gasteiger partial charge in [-0.25, -0.2) is 0 Å². The fourth-order valence-electron chi connectivity index (χ4n) is 6.39. The number of halogens is 2. The minimum atomic E-state index is -1.33. The number of carbonyl (C=O) groups is 3. The molecule has 1 amide bonds. The molecule has 192 valence electrons. The van der Waals surface area contributed by atoms with Gasteiger partial charge in [0.1, 0.15) is 11.5 Å². The lowest BCUT2D eigenvalue weighted by atomic mass is 9.63. The Bertz CT molecular complexity index is 1540. The van der Waals surface area contributed by atoms with Gasteiger partial charge in [-0.1, -0.05) is 74.3 Å². The zero-order valence-electron chi connectivity index (χ0n) is 21.2. The van der Waals surface area contributed by atoms with Crippen LogP contribution in [-0.4, -0.2) is 29.6 Å².